The first-order chi connectivity index (χ1) is 29.5. The first-order valence-corrected chi connectivity index (χ1v) is 21.1. The Balaban J connectivity index is 0.983. The molecule has 0 aliphatic carbocycles. The molecule has 0 spiro atoms. The topological polar surface area (TPSA) is 181 Å². The zero-order valence-corrected chi connectivity index (χ0v) is 35.1. The van der Waals surface area contributed by atoms with E-state index in [1.807, 2.05) is 49.1 Å². The summed E-state index contributed by atoms with van der Waals surface area (Å²) in [5, 5.41) is 4.76. The van der Waals surface area contributed by atoms with E-state index in [0.29, 0.717) is 37.6 Å². The number of alkyl carbamates (subject to hydrolysis) is 1. The number of nitrogens with one attached hydrogen (secondary N) is 3. The van der Waals surface area contributed by atoms with Crippen molar-refractivity contribution >= 4 is 39.7 Å². The van der Waals surface area contributed by atoms with Gasteiger partial charge in [0.25, 0.3) is 5.91 Å². The van der Waals surface area contributed by atoms with Gasteiger partial charge in [0.2, 0.25) is 5.91 Å². The molecular formula is C47H52N8O6. The molecule has 3 aliphatic heterocycles. The number of amides is 3. The van der Waals surface area contributed by atoms with E-state index < -0.39 is 18.2 Å². The number of methoxy groups -OCH3 is 2. The van der Waals surface area contributed by atoms with Gasteiger partial charge < -0.3 is 45.0 Å². The van der Waals surface area contributed by atoms with E-state index >= 15 is 0 Å². The molecule has 5 N–H and O–H groups in total. The van der Waals surface area contributed by atoms with E-state index in [2.05, 4.69) is 64.7 Å². The Morgan fingerprint density at radius 2 is 1.77 bits per heavy atom. The summed E-state index contributed by atoms with van der Waals surface area (Å²) in [4.78, 5) is 60.9. The summed E-state index contributed by atoms with van der Waals surface area (Å²) in [6.07, 6.45) is 3.48. The maximum Gasteiger partial charge on any atom is 0.407 e. The third kappa shape index (κ3) is 7.37. The van der Waals surface area contributed by atoms with Gasteiger partial charge in [0.15, 0.2) is 0 Å². The van der Waals surface area contributed by atoms with Crippen molar-refractivity contribution in [1.29, 1.82) is 0 Å². The number of likely N-dealkylation sites (tertiary alicyclic amines) is 2. The maximum absolute atomic E-state index is 14.3. The number of aromatic nitrogens is 4. The van der Waals surface area contributed by atoms with Crippen LogP contribution in [0.5, 0.6) is 5.75 Å². The normalized spacial score (nSPS) is 20.7. The number of imidazole rings is 2. The van der Waals surface area contributed by atoms with Crippen molar-refractivity contribution in [3.63, 3.8) is 0 Å². The van der Waals surface area contributed by atoms with Crippen LogP contribution in [0.3, 0.4) is 0 Å². The van der Waals surface area contributed by atoms with Crippen LogP contribution < -0.4 is 15.8 Å². The number of carbonyl (C=O) groups excluding carboxylic acids is 3. The van der Waals surface area contributed by atoms with Crippen molar-refractivity contribution in [2.45, 2.75) is 76.8 Å². The molecule has 4 aromatic carbocycles. The van der Waals surface area contributed by atoms with E-state index in [0.717, 1.165) is 74.2 Å². The summed E-state index contributed by atoms with van der Waals surface area (Å²) in [7, 11) is 2.94. The van der Waals surface area contributed by atoms with E-state index in [1.54, 1.807) is 18.2 Å². The van der Waals surface area contributed by atoms with Gasteiger partial charge in [-0.15, -0.1) is 0 Å². The monoisotopic (exact) mass is 824 g/mol. The molecule has 316 valence electrons. The number of nitrogens with two attached hydrogens (primary N) is 1. The zero-order valence-electron chi connectivity index (χ0n) is 35.1. The summed E-state index contributed by atoms with van der Waals surface area (Å²) < 4.78 is 16.8. The van der Waals surface area contributed by atoms with Crippen molar-refractivity contribution in [3.05, 3.63) is 102 Å². The Kier molecular flexibility index (Phi) is 10.7. The van der Waals surface area contributed by atoms with Gasteiger partial charge in [0.1, 0.15) is 30.0 Å². The predicted octanol–water partition coefficient (Wildman–Crippen LogP) is 7.33. The van der Waals surface area contributed by atoms with Gasteiger partial charge in [-0.3, -0.25) is 9.59 Å². The number of carbonyl (C=O) groups is 3. The predicted molar refractivity (Wildman–Crippen MR) is 231 cm³/mol. The third-order valence-electron chi connectivity index (χ3n) is 12.7. The third-order valence-corrected chi connectivity index (χ3v) is 12.7. The minimum absolute atomic E-state index is 0.0281. The standard InChI is InChI=1S/C47H52N8O6/c1-25(2)40(48)45(56)55-26(3)11-16-37(55)44-50-35-15-13-29-19-34-32-14-12-30(18-31(32)24-61-39(34)20-33(29)42(35)52-44)36-21-49-43(51-36)38-17-27(23-59-4)22-54(38)46(57)41(53-47(58)60-5)28-9-7-6-8-10-28/h6-10,12-15,18-21,25-27,37-38,40-41H,11,16-17,22-24,48H2,1-5H3,(H,49,51)(H,50,52)(H,53,58)/t26-,27-,37?,38-,40-,41+/m0/s1. The van der Waals surface area contributed by atoms with Crippen LogP contribution >= 0.6 is 0 Å². The van der Waals surface area contributed by atoms with Crippen LogP contribution in [-0.2, 0) is 25.7 Å². The number of rotatable bonds is 10. The van der Waals surface area contributed by atoms with Gasteiger partial charge in [-0.05, 0) is 84.0 Å². The molecule has 61 heavy (non-hydrogen) atoms. The second-order valence-electron chi connectivity index (χ2n) is 17.0. The summed E-state index contributed by atoms with van der Waals surface area (Å²) in [6, 6.07) is 22.0. The van der Waals surface area contributed by atoms with Gasteiger partial charge in [0, 0.05) is 36.6 Å². The first-order valence-electron chi connectivity index (χ1n) is 21.1. The molecule has 5 heterocycles. The fourth-order valence-electron chi connectivity index (χ4n) is 9.42. The number of ether oxygens (including phenoxy) is 3. The van der Waals surface area contributed by atoms with E-state index in [4.69, 9.17) is 29.9 Å². The van der Waals surface area contributed by atoms with E-state index in [9.17, 15) is 14.4 Å². The number of fused-ring (bicyclic) bond motifs is 6. The summed E-state index contributed by atoms with van der Waals surface area (Å²) in [5.41, 5.74) is 13.7. The molecule has 2 aromatic heterocycles. The Bertz CT molecular complexity index is 2620. The highest BCUT2D eigenvalue weighted by molar-refractivity contribution is 6.07. The van der Waals surface area contributed by atoms with Crippen LogP contribution in [0, 0.1) is 11.8 Å². The zero-order chi connectivity index (χ0) is 42.5. The lowest BCUT2D eigenvalue weighted by molar-refractivity contribution is -0.136. The van der Waals surface area contributed by atoms with Gasteiger partial charge in [-0.2, -0.15) is 0 Å². The molecule has 14 nitrogen and oxygen atoms in total. The lowest BCUT2D eigenvalue weighted by Crippen LogP contribution is -2.48. The summed E-state index contributed by atoms with van der Waals surface area (Å²) in [6.45, 7) is 7.36. The second-order valence-corrected chi connectivity index (χ2v) is 17.0. The van der Waals surface area contributed by atoms with Crippen LogP contribution in [0.2, 0.25) is 0 Å². The van der Waals surface area contributed by atoms with Crippen LogP contribution in [-0.4, -0.2) is 87.1 Å². The van der Waals surface area contributed by atoms with E-state index in [-0.39, 0.29) is 41.8 Å². The van der Waals surface area contributed by atoms with Crippen molar-refractivity contribution in [2.75, 3.05) is 27.4 Å². The van der Waals surface area contributed by atoms with Gasteiger partial charge in [0.05, 0.1) is 54.8 Å². The van der Waals surface area contributed by atoms with Crippen LogP contribution in [0.25, 0.3) is 44.2 Å². The smallest absolute Gasteiger partial charge is 0.407 e. The average Bonchev–Trinajstić information content (AvgIpc) is 4.10. The molecular weight excluding hydrogens is 773 g/mol. The molecule has 6 aromatic rings. The fraction of sp³-hybridized carbons (Fsp3) is 0.383. The molecule has 0 saturated carbocycles. The SMILES string of the molecule is COC[C@H]1C[C@@H](c2ncc(-c3ccc4c(c3)COc3cc5c(ccc6[nH]c(C7CC[C@H](C)N7C(=O)[C@@H](N)C(C)C)nc65)cc3-4)[nH]2)N(C(=O)[C@H](NC(=O)OC)c2ccccc2)C1. The first kappa shape index (κ1) is 40.2. The number of hydrogen-bond acceptors (Lipinski definition) is 9. The van der Waals surface area contributed by atoms with Gasteiger partial charge in [-0.25, -0.2) is 14.8 Å². The molecule has 6 atom stereocenters. The average molecular weight is 825 g/mol. The largest absolute Gasteiger partial charge is 0.488 e. The summed E-state index contributed by atoms with van der Waals surface area (Å²) in [5.74, 6) is 2.07. The fourth-order valence-corrected chi connectivity index (χ4v) is 9.42. The highest BCUT2D eigenvalue weighted by Gasteiger charge is 2.42. The van der Waals surface area contributed by atoms with Gasteiger partial charge >= 0.3 is 6.09 Å². The summed E-state index contributed by atoms with van der Waals surface area (Å²) >= 11 is 0. The Hall–Kier alpha value is -6.25. The van der Waals surface area contributed by atoms with Crippen LogP contribution in [0.4, 0.5) is 4.79 Å². The van der Waals surface area contributed by atoms with Crippen molar-refractivity contribution < 1.29 is 28.6 Å². The molecule has 0 radical (unpaired) electrons. The lowest BCUT2D eigenvalue weighted by Gasteiger charge is -2.31. The van der Waals surface area contributed by atoms with Crippen LogP contribution in [0.1, 0.15) is 80.9 Å². The molecule has 9 rings (SSSR count). The Morgan fingerprint density at radius 3 is 2.54 bits per heavy atom. The van der Waals surface area contributed by atoms with E-state index in [1.165, 1.54) is 7.11 Å². The van der Waals surface area contributed by atoms with Crippen molar-refractivity contribution in [2.24, 2.45) is 17.6 Å². The molecule has 1 unspecified atom stereocenters. The molecule has 3 amide bonds. The molecule has 3 aliphatic rings. The lowest BCUT2D eigenvalue weighted by atomic mass is 9.92. The minimum atomic E-state index is -0.937. The number of H-pyrrole nitrogens is 2. The number of aromatic amines is 2. The molecule has 2 fully saturated rings. The Morgan fingerprint density at radius 1 is 0.951 bits per heavy atom. The number of nitrogens with zero attached hydrogens (tertiary/aromatic N) is 4. The second kappa shape index (κ2) is 16.3. The van der Waals surface area contributed by atoms with Crippen molar-refractivity contribution in [3.8, 4) is 28.1 Å². The number of hydrogen-bond donors (Lipinski definition) is 4. The quantitative estimate of drug-likeness (QED) is 0.110. The number of benzene rings is 4. The molecule has 0 bridgehead atoms. The van der Waals surface area contributed by atoms with Crippen LogP contribution in [0.15, 0.2) is 79.0 Å². The molecule has 14 heteroatoms. The maximum atomic E-state index is 14.3. The molecule has 2 saturated heterocycles. The van der Waals surface area contributed by atoms with Gasteiger partial charge in [-0.1, -0.05) is 62.4 Å². The Labute approximate surface area is 354 Å². The highest BCUT2D eigenvalue weighted by atomic mass is 16.5. The van der Waals surface area contributed by atoms with Crippen molar-refractivity contribution in [1.82, 2.24) is 35.1 Å². The highest BCUT2D eigenvalue weighted by Crippen LogP contribution is 2.44. The minimum Gasteiger partial charge on any atom is -0.488 e.